The fourth-order valence-electron chi connectivity index (χ4n) is 1.04. The molecule has 5 nitrogen and oxygen atoms in total. The summed E-state index contributed by atoms with van der Waals surface area (Å²) in [6.45, 7) is 0. The van der Waals surface area contributed by atoms with E-state index in [2.05, 4.69) is 9.71 Å². The highest BCUT2D eigenvalue weighted by Crippen LogP contribution is 2.12. The summed E-state index contributed by atoms with van der Waals surface area (Å²) in [7, 11) is -1.84. The number of ether oxygens (including phenoxy) is 1. The van der Waals surface area contributed by atoms with Gasteiger partial charge in [0.05, 0.1) is 24.7 Å². The van der Waals surface area contributed by atoms with Crippen molar-refractivity contribution in [2.45, 2.75) is 6.42 Å². The van der Waals surface area contributed by atoms with Crippen LogP contribution in [-0.2, 0) is 10.0 Å². The number of aromatic nitrogens is 1. The molecule has 0 fully saturated rings. The van der Waals surface area contributed by atoms with Crippen LogP contribution in [0.5, 0.6) is 5.88 Å². The quantitative estimate of drug-likeness (QED) is 0.790. The first-order chi connectivity index (χ1) is 7.57. The van der Waals surface area contributed by atoms with Gasteiger partial charge in [-0.05, 0) is 12.5 Å². The molecule has 16 heavy (non-hydrogen) atoms. The third-order valence-electron chi connectivity index (χ3n) is 1.77. The molecule has 1 N–H and O–H groups in total. The molecule has 1 heterocycles. The molecule has 7 heteroatoms. The Morgan fingerprint density at radius 3 is 2.75 bits per heavy atom. The molecule has 0 bridgehead atoms. The van der Waals surface area contributed by atoms with Crippen LogP contribution >= 0.6 is 11.6 Å². The number of hydrogen-bond acceptors (Lipinski definition) is 4. The molecule has 0 aromatic carbocycles. The number of hydrogen-bond donors (Lipinski definition) is 1. The van der Waals surface area contributed by atoms with E-state index in [1.165, 1.54) is 13.3 Å². The molecule has 0 atom stereocenters. The Kier molecular flexibility index (Phi) is 4.82. The molecule has 1 aromatic heterocycles. The average Bonchev–Trinajstić information content (AvgIpc) is 2.27. The summed E-state index contributed by atoms with van der Waals surface area (Å²) in [5, 5.41) is 0. The predicted molar refractivity (Wildman–Crippen MR) is 63.5 cm³/mol. The Balaban J connectivity index is 2.65. The van der Waals surface area contributed by atoms with Crippen molar-refractivity contribution in [1.29, 1.82) is 0 Å². The van der Waals surface area contributed by atoms with Crippen LogP contribution in [-0.4, -0.2) is 32.1 Å². The number of nitrogens with zero attached hydrogens (tertiary/aromatic N) is 1. The van der Waals surface area contributed by atoms with Crippen molar-refractivity contribution in [3.63, 3.8) is 0 Å². The zero-order valence-electron chi connectivity index (χ0n) is 8.81. The number of sulfonamides is 1. The molecule has 90 valence electrons. The van der Waals surface area contributed by atoms with E-state index in [4.69, 9.17) is 16.3 Å². The first kappa shape index (κ1) is 13.1. The van der Waals surface area contributed by atoms with Crippen molar-refractivity contribution < 1.29 is 13.2 Å². The lowest BCUT2D eigenvalue weighted by Crippen LogP contribution is -2.17. The third-order valence-corrected chi connectivity index (χ3v) is 3.41. The van der Waals surface area contributed by atoms with Crippen molar-refractivity contribution >= 4 is 27.3 Å². The van der Waals surface area contributed by atoms with Crippen molar-refractivity contribution in [3.05, 3.63) is 18.3 Å². The molecule has 0 aliphatic rings. The first-order valence-electron chi connectivity index (χ1n) is 4.64. The summed E-state index contributed by atoms with van der Waals surface area (Å²) in [6.07, 6.45) is 1.82. The van der Waals surface area contributed by atoms with Crippen LogP contribution in [0, 0.1) is 0 Å². The summed E-state index contributed by atoms with van der Waals surface area (Å²) >= 11 is 5.43. The first-order valence-corrected chi connectivity index (χ1v) is 6.82. The molecule has 0 aliphatic heterocycles. The molecule has 0 amide bonds. The lowest BCUT2D eigenvalue weighted by Gasteiger charge is -2.07. The molecule has 0 radical (unpaired) electrons. The maximum atomic E-state index is 11.5. The van der Waals surface area contributed by atoms with E-state index in [-0.39, 0.29) is 5.75 Å². The number of methoxy groups -OCH3 is 1. The van der Waals surface area contributed by atoms with Crippen molar-refractivity contribution in [3.8, 4) is 5.88 Å². The van der Waals surface area contributed by atoms with Crippen LogP contribution in [0.4, 0.5) is 5.69 Å². The Morgan fingerprint density at radius 1 is 1.50 bits per heavy atom. The van der Waals surface area contributed by atoms with Gasteiger partial charge in [-0.1, -0.05) is 0 Å². The fraction of sp³-hybridized carbons (Fsp3) is 0.444. The van der Waals surface area contributed by atoms with Crippen LogP contribution in [0.2, 0.25) is 0 Å². The highest BCUT2D eigenvalue weighted by Gasteiger charge is 2.09. The molecular formula is C9H13ClN2O3S. The number of rotatable bonds is 6. The molecular weight excluding hydrogens is 252 g/mol. The van der Waals surface area contributed by atoms with Crippen LogP contribution in [0.1, 0.15) is 6.42 Å². The number of alkyl halides is 1. The monoisotopic (exact) mass is 264 g/mol. The van der Waals surface area contributed by atoms with Gasteiger partial charge in [-0.15, -0.1) is 11.6 Å². The number of anilines is 1. The Labute approximate surface area is 99.8 Å². The van der Waals surface area contributed by atoms with E-state index < -0.39 is 10.0 Å². The van der Waals surface area contributed by atoms with Crippen LogP contribution in [0.15, 0.2) is 18.3 Å². The smallest absolute Gasteiger partial charge is 0.232 e. The summed E-state index contributed by atoms with van der Waals surface area (Å²) in [6, 6.07) is 3.17. The second-order valence-corrected chi connectivity index (χ2v) is 5.27. The third kappa shape index (κ3) is 4.24. The highest BCUT2D eigenvalue weighted by atomic mass is 35.5. The van der Waals surface area contributed by atoms with Gasteiger partial charge < -0.3 is 4.74 Å². The number of nitrogens with one attached hydrogen (secondary N) is 1. The molecule has 0 spiro atoms. The molecule has 0 saturated carbocycles. The SMILES string of the molecule is COc1ccc(NS(=O)(=O)CCCCl)cn1. The van der Waals surface area contributed by atoms with Crippen molar-refractivity contribution in [2.75, 3.05) is 23.5 Å². The minimum Gasteiger partial charge on any atom is -0.481 e. The highest BCUT2D eigenvalue weighted by molar-refractivity contribution is 7.92. The van der Waals surface area contributed by atoms with E-state index in [9.17, 15) is 8.42 Å². The van der Waals surface area contributed by atoms with Gasteiger partial charge in [-0.25, -0.2) is 13.4 Å². The van der Waals surface area contributed by atoms with Crippen molar-refractivity contribution in [1.82, 2.24) is 4.98 Å². The molecule has 0 unspecified atom stereocenters. The number of halogens is 1. The summed E-state index contributed by atoms with van der Waals surface area (Å²) < 4.78 is 30.2. The van der Waals surface area contributed by atoms with Gasteiger partial charge in [-0.2, -0.15) is 0 Å². The predicted octanol–water partition coefficient (Wildman–Crippen LogP) is 1.46. The van der Waals surface area contributed by atoms with Gasteiger partial charge >= 0.3 is 0 Å². The minimum atomic E-state index is -3.33. The Hall–Kier alpha value is -1.01. The van der Waals surface area contributed by atoms with Gasteiger partial charge in [0.25, 0.3) is 0 Å². The van der Waals surface area contributed by atoms with Crippen LogP contribution in [0.3, 0.4) is 0 Å². The molecule has 0 saturated heterocycles. The lowest BCUT2D eigenvalue weighted by molar-refractivity contribution is 0.398. The van der Waals surface area contributed by atoms with E-state index in [0.717, 1.165) is 0 Å². The minimum absolute atomic E-state index is 0.00251. The van der Waals surface area contributed by atoms with Gasteiger partial charge in [0.15, 0.2) is 0 Å². The molecule has 0 aliphatic carbocycles. The second-order valence-electron chi connectivity index (χ2n) is 3.05. The van der Waals surface area contributed by atoms with Gasteiger partial charge in [0.1, 0.15) is 0 Å². The number of pyridine rings is 1. The maximum Gasteiger partial charge on any atom is 0.232 e. The van der Waals surface area contributed by atoms with E-state index >= 15 is 0 Å². The van der Waals surface area contributed by atoms with Gasteiger partial charge in [0, 0.05) is 11.9 Å². The van der Waals surface area contributed by atoms with Crippen LogP contribution in [0.25, 0.3) is 0 Å². The van der Waals surface area contributed by atoms with Gasteiger partial charge in [-0.3, -0.25) is 4.72 Å². The zero-order chi connectivity index (χ0) is 12.0. The summed E-state index contributed by atoms with van der Waals surface area (Å²) in [5.74, 6) is 0.758. The molecule has 1 rings (SSSR count). The van der Waals surface area contributed by atoms with E-state index in [1.54, 1.807) is 12.1 Å². The maximum absolute atomic E-state index is 11.5. The lowest BCUT2D eigenvalue weighted by atomic mass is 10.4. The Morgan fingerprint density at radius 2 is 2.25 bits per heavy atom. The second kappa shape index (κ2) is 5.91. The van der Waals surface area contributed by atoms with E-state index in [0.29, 0.717) is 23.9 Å². The van der Waals surface area contributed by atoms with E-state index in [1.807, 2.05) is 0 Å². The molecule has 1 aromatic rings. The average molecular weight is 265 g/mol. The van der Waals surface area contributed by atoms with Gasteiger partial charge in [0.2, 0.25) is 15.9 Å². The zero-order valence-corrected chi connectivity index (χ0v) is 10.4. The standard InChI is InChI=1S/C9H13ClN2O3S/c1-15-9-4-3-8(7-11-9)12-16(13,14)6-2-5-10/h3-4,7,12H,2,5-6H2,1H3. The summed E-state index contributed by atoms with van der Waals surface area (Å²) in [5.41, 5.74) is 0.412. The summed E-state index contributed by atoms with van der Waals surface area (Å²) in [4.78, 5) is 3.89. The fourth-order valence-corrected chi connectivity index (χ4v) is 2.43. The normalized spacial score (nSPS) is 11.1. The van der Waals surface area contributed by atoms with Crippen molar-refractivity contribution in [2.24, 2.45) is 0 Å². The Bertz CT molecular complexity index is 419. The van der Waals surface area contributed by atoms with Crippen LogP contribution < -0.4 is 9.46 Å². The largest absolute Gasteiger partial charge is 0.481 e. The topological polar surface area (TPSA) is 68.3 Å².